The van der Waals surface area contributed by atoms with Crippen molar-refractivity contribution >= 4 is 46.2 Å². The average molecular weight is 403 g/mol. The summed E-state index contributed by atoms with van der Waals surface area (Å²) < 4.78 is 16.5. The number of hydrogen-bond donors (Lipinski definition) is 1. The van der Waals surface area contributed by atoms with Crippen LogP contribution < -0.4 is 19.5 Å². The molecule has 4 rings (SSSR count). The third kappa shape index (κ3) is 3.89. The van der Waals surface area contributed by atoms with Gasteiger partial charge in [0.25, 0.3) is 5.91 Å². The van der Waals surface area contributed by atoms with Gasteiger partial charge in [0.2, 0.25) is 6.79 Å². The number of carbonyl (C=O) groups excluding carboxylic acids is 1. The van der Waals surface area contributed by atoms with E-state index in [4.69, 9.17) is 25.8 Å². The first-order chi connectivity index (χ1) is 13.1. The number of rotatable bonds is 4. The Morgan fingerprint density at radius 1 is 1.26 bits per heavy atom. The van der Waals surface area contributed by atoms with E-state index in [2.05, 4.69) is 10.3 Å². The summed E-state index contributed by atoms with van der Waals surface area (Å²) in [5, 5.41) is 3.91. The molecule has 1 N–H and O–H groups in total. The number of halogens is 1. The predicted molar refractivity (Wildman–Crippen MR) is 106 cm³/mol. The minimum Gasteiger partial charge on any atom is -0.493 e. The third-order valence-electron chi connectivity index (χ3n) is 3.80. The molecule has 0 unspecified atom stereocenters. The van der Waals surface area contributed by atoms with Crippen molar-refractivity contribution < 1.29 is 19.0 Å². The second-order valence-corrected chi connectivity index (χ2v) is 7.10. The fraction of sp³-hybridized carbons (Fsp3) is 0.158. The average Bonchev–Trinajstić information content (AvgIpc) is 3.23. The van der Waals surface area contributed by atoms with E-state index in [0.717, 1.165) is 5.56 Å². The molecule has 0 saturated carbocycles. The van der Waals surface area contributed by atoms with Crippen molar-refractivity contribution in [1.82, 2.24) is 5.32 Å². The number of carbonyl (C=O) groups is 1. The minimum absolute atomic E-state index is 0.175. The molecule has 6 nitrogen and oxygen atoms in total. The summed E-state index contributed by atoms with van der Waals surface area (Å²) in [6.45, 7) is 2.57. The molecular formula is C19H15ClN2O4S. The molecule has 2 aromatic rings. The van der Waals surface area contributed by atoms with E-state index in [9.17, 15) is 4.79 Å². The van der Waals surface area contributed by atoms with Crippen LogP contribution in [-0.4, -0.2) is 24.5 Å². The molecule has 1 amide bonds. The van der Waals surface area contributed by atoms with E-state index < -0.39 is 0 Å². The van der Waals surface area contributed by atoms with Crippen LogP contribution in [0.3, 0.4) is 0 Å². The number of amides is 1. The van der Waals surface area contributed by atoms with Crippen molar-refractivity contribution in [2.24, 2.45) is 4.99 Å². The van der Waals surface area contributed by atoms with Crippen molar-refractivity contribution in [3.05, 3.63) is 51.9 Å². The largest absolute Gasteiger partial charge is 0.493 e. The van der Waals surface area contributed by atoms with Crippen LogP contribution >= 0.6 is 23.4 Å². The zero-order chi connectivity index (χ0) is 18.8. The number of benzene rings is 2. The van der Waals surface area contributed by atoms with Crippen LogP contribution in [0.2, 0.25) is 5.02 Å². The van der Waals surface area contributed by atoms with Gasteiger partial charge >= 0.3 is 0 Å². The van der Waals surface area contributed by atoms with Gasteiger partial charge in [-0.15, -0.1) is 0 Å². The molecule has 0 spiro atoms. The first kappa shape index (κ1) is 17.8. The molecular weight excluding hydrogens is 388 g/mol. The Labute approximate surface area is 165 Å². The normalized spacial score (nSPS) is 18.2. The Kier molecular flexibility index (Phi) is 4.96. The van der Waals surface area contributed by atoms with Gasteiger partial charge < -0.3 is 19.5 Å². The second kappa shape index (κ2) is 7.54. The second-order valence-electron chi connectivity index (χ2n) is 5.63. The van der Waals surface area contributed by atoms with Crippen LogP contribution in [0.5, 0.6) is 17.2 Å². The van der Waals surface area contributed by atoms with Crippen LogP contribution in [-0.2, 0) is 4.79 Å². The van der Waals surface area contributed by atoms with Crippen molar-refractivity contribution in [2.75, 3.05) is 13.4 Å². The molecule has 8 heteroatoms. The van der Waals surface area contributed by atoms with Gasteiger partial charge in [-0.1, -0.05) is 11.6 Å². The van der Waals surface area contributed by atoms with Crippen LogP contribution in [0.25, 0.3) is 6.08 Å². The highest BCUT2D eigenvalue weighted by Gasteiger charge is 2.25. The number of hydrogen-bond acceptors (Lipinski definition) is 6. The Balaban J connectivity index is 1.62. The highest BCUT2D eigenvalue weighted by molar-refractivity contribution is 8.18. The van der Waals surface area contributed by atoms with E-state index in [0.29, 0.717) is 44.6 Å². The molecule has 2 heterocycles. The van der Waals surface area contributed by atoms with Gasteiger partial charge in [-0.3, -0.25) is 4.79 Å². The molecule has 0 aromatic heterocycles. The summed E-state index contributed by atoms with van der Waals surface area (Å²) in [6.07, 6.45) is 1.76. The zero-order valence-electron chi connectivity index (χ0n) is 14.3. The van der Waals surface area contributed by atoms with Gasteiger partial charge in [-0.2, -0.15) is 0 Å². The Morgan fingerprint density at radius 3 is 2.74 bits per heavy atom. The van der Waals surface area contributed by atoms with Gasteiger partial charge in [-0.25, -0.2) is 4.99 Å². The van der Waals surface area contributed by atoms with Gasteiger partial charge in [0.05, 0.1) is 17.2 Å². The summed E-state index contributed by atoms with van der Waals surface area (Å²) >= 11 is 7.14. The number of thioether (sulfide) groups is 1. The van der Waals surface area contributed by atoms with E-state index in [-0.39, 0.29) is 12.7 Å². The number of nitrogens with zero attached hydrogens (tertiary/aromatic N) is 1. The highest BCUT2D eigenvalue weighted by Crippen LogP contribution is 2.40. The number of nitrogens with one attached hydrogen (secondary N) is 1. The lowest BCUT2D eigenvalue weighted by Gasteiger charge is -2.09. The lowest BCUT2D eigenvalue weighted by atomic mass is 10.1. The minimum atomic E-state index is -0.215. The number of amidine groups is 1. The van der Waals surface area contributed by atoms with Gasteiger partial charge in [-0.05, 0) is 55.1 Å². The Morgan fingerprint density at radius 2 is 2.00 bits per heavy atom. The summed E-state index contributed by atoms with van der Waals surface area (Å²) in [4.78, 5) is 17.3. The van der Waals surface area contributed by atoms with E-state index in [1.54, 1.807) is 36.4 Å². The molecule has 1 saturated heterocycles. The molecule has 1 fully saturated rings. The molecule has 0 atom stereocenters. The van der Waals surface area contributed by atoms with Crippen molar-refractivity contribution in [2.45, 2.75) is 6.92 Å². The predicted octanol–water partition coefficient (Wildman–Crippen LogP) is 4.36. The van der Waals surface area contributed by atoms with Crippen LogP contribution in [0.1, 0.15) is 12.5 Å². The monoisotopic (exact) mass is 402 g/mol. The van der Waals surface area contributed by atoms with Gasteiger partial charge in [0, 0.05) is 16.7 Å². The van der Waals surface area contributed by atoms with Crippen molar-refractivity contribution in [3.8, 4) is 17.2 Å². The first-order valence-electron chi connectivity index (χ1n) is 8.24. The molecule has 2 aliphatic rings. The van der Waals surface area contributed by atoms with Crippen molar-refractivity contribution in [3.63, 3.8) is 0 Å². The Bertz CT molecular complexity index is 957. The van der Waals surface area contributed by atoms with Gasteiger partial charge in [0.15, 0.2) is 16.7 Å². The Hall–Kier alpha value is -2.64. The fourth-order valence-electron chi connectivity index (χ4n) is 2.59. The van der Waals surface area contributed by atoms with Crippen LogP contribution in [0, 0.1) is 0 Å². The smallest absolute Gasteiger partial charge is 0.264 e. The highest BCUT2D eigenvalue weighted by atomic mass is 35.5. The maximum absolute atomic E-state index is 12.3. The quantitative estimate of drug-likeness (QED) is 0.769. The maximum atomic E-state index is 12.3. The third-order valence-corrected chi connectivity index (χ3v) is 4.96. The van der Waals surface area contributed by atoms with Crippen LogP contribution in [0.15, 0.2) is 46.3 Å². The molecule has 0 bridgehead atoms. The van der Waals surface area contributed by atoms with Gasteiger partial charge in [0.1, 0.15) is 5.75 Å². The lowest BCUT2D eigenvalue weighted by Crippen LogP contribution is -2.19. The van der Waals surface area contributed by atoms with E-state index in [1.807, 2.05) is 13.0 Å². The van der Waals surface area contributed by atoms with Crippen molar-refractivity contribution in [1.29, 1.82) is 0 Å². The molecule has 138 valence electrons. The molecule has 2 aliphatic heterocycles. The number of fused-ring (bicyclic) bond motifs is 1. The van der Waals surface area contributed by atoms with E-state index in [1.165, 1.54) is 11.8 Å². The first-order valence-corrected chi connectivity index (χ1v) is 9.43. The molecule has 2 aromatic carbocycles. The SMILES string of the molecule is CCOc1cc2c(cc1/C=C1/SC(=Nc3ccc(Cl)cc3)NC1=O)OCO2. The standard InChI is InChI=1S/C19H15ClN2O4S/c1-2-24-14-9-16-15(25-10-26-16)7-11(14)8-17-18(23)22-19(27-17)21-13-5-3-12(20)4-6-13/h3-9H,2,10H2,1H3,(H,21,22,23)/b17-8+. The fourth-order valence-corrected chi connectivity index (χ4v) is 3.55. The van der Waals surface area contributed by atoms with E-state index >= 15 is 0 Å². The summed E-state index contributed by atoms with van der Waals surface area (Å²) in [7, 11) is 0. The maximum Gasteiger partial charge on any atom is 0.264 e. The lowest BCUT2D eigenvalue weighted by molar-refractivity contribution is -0.115. The molecule has 0 radical (unpaired) electrons. The molecule has 0 aliphatic carbocycles. The summed E-state index contributed by atoms with van der Waals surface area (Å²) in [5.74, 6) is 1.68. The zero-order valence-corrected chi connectivity index (χ0v) is 15.9. The summed E-state index contributed by atoms with van der Waals surface area (Å²) in [6, 6.07) is 10.7. The summed E-state index contributed by atoms with van der Waals surface area (Å²) in [5.41, 5.74) is 1.45. The topological polar surface area (TPSA) is 69.2 Å². The number of ether oxygens (including phenoxy) is 3. The number of aliphatic imine (C=N–C) groups is 1. The van der Waals surface area contributed by atoms with Crippen LogP contribution in [0.4, 0.5) is 5.69 Å². The molecule has 27 heavy (non-hydrogen) atoms.